The minimum absolute atomic E-state index is 0.141. The highest BCUT2D eigenvalue weighted by Crippen LogP contribution is 2.36. The van der Waals surface area contributed by atoms with Crippen molar-refractivity contribution in [3.05, 3.63) is 32.9 Å². The largest absolute Gasteiger partial charge is 0.454 e. The topological polar surface area (TPSA) is 83.1 Å². The van der Waals surface area contributed by atoms with Crippen LogP contribution in [0.1, 0.15) is 36.0 Å². The number of halogens is 1. The van der Waals surface area contributed by atoms with Crippen molar-refractivity contribution in [2.45, 2.75) is 31.8 Å². The number of nitrogens with one attached hydrogen (secondary N) is 1. The van der Waals surface area contributed by atoms with Crippen LogP contribution < -0.4 is 14.8 Å². The second-order valence-electron chi connectivity index (χ2n) is 5.98. The number of fused-ring (bicyclic) bond motifs is 1. The predicted molar refractivity (Wildman–Crippen MR) is 101 cm³/mol. The van der Waals surface area contributed by atoms with Crippen LogP contribution in [0.2, 0.25) is 0 Å². The Morgan fingerprint density at radius 2 is 2.04 bits per heavy atom. The number of allylic oxidation sites excluding steroid dienone is 1. The Morgan fingerprint density at radius 1 is 1.27 bits per heavy atom. The fourth-order valence-corrected chi connectivity index (χ4v) is 3.58. The van der Waals surface area contributed by atoms with Gasteiger partial charge in [0.05, 0.1) is 19.2 Å². The summed E-state index contributed by atoms with van der Waals surface area (Å²) in [5, 5.41) is 2.62. The molecule has 1 aromatic carbocycles. The predicted octanol–water partition coefficient (Wildman–Crippen LogP) is 3.40. The Hall–Kier alpha value is -1.97. The molecule has 8 heteroatoms. The van der Waals surface area contributed by atoms with Crippen molar-refractivity contribution >= 4 is 34.7 Å². The van der Waals surface area contributed by atoms with Gasteiger partial charge in [0, 0.05) is 3.57 Å². The highest BCUT2D eigenvalue weighted by Gasteiger charge is 2.25. The molecule has 0 bridgehead atoms. The first-order chi connectivity index (χ1) is 12.6. The Balaban J connectivity index is 1.76. The molecule has 0 saturated carbocycles. The molecular weight excluding hydrogens is 453 g/mol. The Labute approximate surface area is 165 Å². The van der Waals surface area contributed by atoms with Crippen molar-refractivity contribution in [1.82, 2.24) is 5.32 Å². The fraction of sp³-hybridized carbons (Fsp3) is 0.444. The first-order valence-corrected chi connectivity index (χ1v) is 9.47. The van der Waals surface area contributed by atoms with Crippen molar-refractivity contribution in [2.75, 3.05) is 20.4 Å². The Morgan fingerprint density at radius 3 is 2.73 bits per heavy atom. The quantitative estimate of drug-likeness (QED) is 0.401. The fourth-order valence-electron chi connectivity index (χ4n) is 2.92. The van der Waals surface area contributed by atoms with Crippen molar-refractivity contribution in [2.24, 2.45) is 0 Å². The van der Waals surface area contributed by atoms with E-state index >= 15 is 0 Å². The van der Waals surface area contributed by atoms with E-state index in [0.717, 1.165) is 31.3 Å². The summed E-state index contributed by atoms with van der Waals surface area (Å²) >= 11 is 2.07. The van der Waals surface area contributed by atoms with Crippen LogP contribution in [-0.2, 0) is 9.47 Å². The number of hydrogen-bond acceptors (Lipinski definition) is 6. The number of esters is 1. The Bertz CT molecular complexity index is 733. The van der Waals surface area contributed by atoms with Gasteiger partial charge in [-0.3, -0.25) is 0 Å². The average Bonchev–Trinajstić information content (AvgIpc) is 3.11. The molecule has 1 aliphatic carbocycles. The van der Waals surface area contributed by atoms with Crippen LogP contribution in [0.5, 0.6) is 11.5 Å². The molecule has 0 fully saturated rings. The van der Waals surface area contributed by atoms with E-state index in [4.69, 9.17) is 14.2 Å². The van der Waals surface area contributed by atoms with Crippen LogP contribution in [0.3, 0.4) is 0 Å². The van der Waals surface area contributed by atoms with Gasteiger partial charge in [-0.1, -0.05) is 6.08 Å². The van der Waals surface area contributed by atoms with Crippen molar-refractivity contribution in [1.29, 1.82) is 0 Å². The summed E-state index contributed by atoms with van der Waals surface area (Å²) in [7, 11) is 1.30. The molecule has 1 amide bonds. The van der Waals surface area contributed by atoms with Crippen molar-refractivity contribution in [3.8, 4) is 11.5 Å². The molecular formula is C18H20INO6. The lowest BCUT2D eigenvalue weighted by atomic mass is 9.95. The molecule has 3 rings (SSSR count). The molecule has 26 heavy (non-hydrogen) atoms. The number of ether oxygens (including phenoxy) is 4. The number of rotatable bonds is 5. The van der Waals surface area contributed by atoms with Crippen molar-refractivity contribution in [3.63, 3.8) is 0 Å². The van der Waals surface area contributed by atoms with Crippen LogP contribution in [0.4, 0.5) is 4.79 Å². The third-order valence-corrected chi connectivity index (χ3v) is 5.18. The first-order valence-electron chi connectivity index (χ1n) is 8.39. The van der Waals surface area contributed by atoms with Crippen molar-refractivity contribution < 1.29 is 28.5 Å². The normalized spacial score (nSPS) is 16.5. The lowest BCUT2D eigenvalue weighted by molar-refractivity contribution is 0.0361. The van der Waals surface area contributed by atoms with Gasteiger partial charge in [0.1, 0.15) is 6.10 Å². The maximum Gasteiger partial charge on any atom is 0.406 e. The standard InChI is InChI=1S/C18H20INO6/c1-23-18(22)20-9-16(11-5-3-2-4-6-11)26-17(21)12-7-14-15(8-13(12)19)25-10-24-14/h5,7-8,16H,2-4,6,9-10H2,1H3,(H,20,22). The van der Waals surface area contributed by atoms with E-state index in [1.54, 1.807) is 12.1 Å². The van der Waals surface area contributed by atoms with Gasteiger partial charge in [-0.05, 0) is 66.0 Å². The van der Waals surface area contributed by atoms with Gasteiger partial charge in [0.15, 0.2) is 11.5 Å². The monoisotopic (exact) mass is 473 g/mol. The molecule has 1 N–H and O–H groups in total. The second-order valence-corrected chi connectivity index (χ2v) is 7.14. The zero-order chi connectivity index (χ0) is 18.5. The summed E-state index contributed by atoms with van der Waals surface area (Å²) in [6, 6.07) is 3.38. The molecule has 0 spiro atoms. The van der Waals surface area contributed by atoms with Crippen LogP contribution in [0.25, 0.3) is 0 Å². The smallest absolute Gasteiger partial charge is 0.406 e. The molecule has 0 aromatic heterocycles. The molecule has 140 valence electrons. The third-order valence-electron chi connectivity index (χ3n) is 4.29. The molecule has 1 aliphatic heterocycles. The number of carbonyl (C=O) groups is 2. The molecule has 1 unspecified atom stereocenters. The molecule has 0 saturated heterocycles. The molecule has 1 atom stereocenters. The van der Waals surface area contributed by atoms with E-state index in [1.165, 1.54) is 7.11 Å². The second kappa shape index (κ2) is 8.61. The number of benzene rings is 1. The van der Waals surface area contributed by atoms with Gasteiger partial charge in [0.25, 0.3) is 0 Å². The zero-order valence-electron chi connectivity index (χ0n) is 14.4. The minimum atomic E-state index is -0.555. The zero-order valence-corrected chi connectivity index (χ0v) is 16.5. The SMILES string of the molecule is COC(=O)NCC(OC(=O)c1cc2c(cc1I)OCO2)C1=CCCCC1. The average molecular weight is 473 g/mol. The number of hydrogen-bond donors (Lipinski definition) is 1. The minimum Gasteiger partial charge on any atom is -0.454 e. The molecule has 1 heterocycles. The van der Waals surface area contributed by atoms with E-state index in [1.807, 2.05) is 0 Å². The van der Waals surface area contributed by atoms with Gasteiger partial charge < -0.3 is 24.3 Å². The van der Waals surface area contributed by atoms with Gasteiger partial charge in [-0.2, -0.15) is 0 Å². The first kappa shape index (κ1) is 18.8. The summed E-state index contributed by atoms with van der Waals surface area (Å²) < 4.78 is 21.7. The summed E-state index contributed by atoms with van der Waals surface area (Å²) in [6.45, 7) is 0.313. The Kier molecular flexibility index (Phi) is 6.23. The maximum atomic E-state index is 12.7. The van der Waals surface area contributed by atoms with E-state index in [9.17, 15) is 9.59 Å². The van der Waals surface area contributed by atoms with Crippen LogP contribution in [-0.4, -0.2) is 38.6 Å². The van der Waals surface area contributed by atoms with Gasteiger partial charge >= 0.3 is 12.1 Å². The third kappa shape index (κ3) is 4.40. The highest BCUT2D eigenvalue weighted by atomic mass is 127. The van der Waals surface area contributed by atoms with E-state index in [0.29, 0.717) is 20.6 Å². The summed E-state index contributed by atoms with van der Waals surface area (Å²) in [6.07, 6.45) is 4.96. The summed E-state index contributed by atoms with van der Waals surface area (Å²) in [4.78, 5) is 24.2. The van der Waals surface area contributed by atoms with Crippen LogP contribution >= 0.6 is 22.6 Å². The summed E-state index contributed by atoms with van der Waals surface area (Å²) in [5.41, 5.74) is 1.44. The molecule has 7 nitrogen and oxygen atoms in total. The molecule has 2 aliphatic rings. The van der Waals surface area contributed by atoms with Gasteiger partial charge in [-0.15, -0.1) is 0 Å². The lowest BCUT2D eigenvalue weighted by Gasteiger charge is -2.24. The van der Waals surface area contributed by atoms with E-state index in [-0.39, 0.29) is 13.3 Å². The number of carbonyl (C=O) groups excluding carboxylic acids is 2. The van der Waals surface area contributed by atoms with Crippen LogP contribution in [0, 0.1) is 3.57 Å². The van der Waals surface area contributed by atoms with E-state index < -0.39 is 18.2 Å². The number of alkyl carbamates (subject to hydrolysis) is 1. The lowest BCUT2D eigenvalue weighted by Crippen LogP contribution is -2.36. The summed E-state index contributed by atoms with van der Waals surface area (Å²) in [5.74, 6) is 0.680. The van der Waals surface area contributed by atoms with Gasteiger partial charge in [-0.25, -0.2) is 9.59 Å². The number of amides is 1. The maximum absolute atomic E-state index is 12.7. The highest BCUT2D eigenvalue weighted by molar-refractivity contribution is 14.1. The molecule has 0 radical (unpaired) electrons. The van der Waals surface area contributed by atoms with E-state index in [2.05, 4.69) is 38.7 Å². The van der Waals surface area contributed by atoms with Gasteiger partial charge in [0.2, 0.25) is 6.79 Å². The van der Waals surface area contributed by atoms with Crippen LogP contribution in [0.15, 0.2) is 23.8 Å². The number of methoxy groups -OCH3 is 1. The molecule has 1 aromatic rings.